The Bertz CT molecular complexity index is 377. The molecule has 1 atom stereocenters. The number of hydrogen-bond acceptors (Lipinski definition) is 2. The molecule has 1 aromatic carbocycles. The molecule has 20 heavy (non-hydrogen) atoms. The molecule has 1 saturated carbocycles. The second-order valence-corrected chi connectivity index (χ2v) is 6.31. The molecule has 1 aliphatic carbocycles. The molecule has 0 aromatic heterocycles. The van der Waals surface area contributed by atoms with Gasteiger partial charge in [0.2, 0.25) is 0 Å². The largest absolute Gasteiger partial charge is 0.491 e. The van der Waals surface area contributed by atoms with Crippen LogP contribution >= 0.6 is 0 Å². The summed E-state index contributed by atoms with van der Waals surface area (Å²) in [5.41, 5.74) is 1.35. The van der Waals surface area contributed by atoms with E-state index in [4.69, 9.17) is 4.74 Å². The van der Waals surface area contributed by atoms with Crippen LogP contribution in [0.15, 0.2) is 24.3 Å². The van der Waals surface area contributed by atoms with Gasteiger partial charge in [-0.15, -0.1) is 0 Å². The summed E-state index contributed by atoms with van der Waals surface area (Å²) >= 11 is 0. The average molecular weight is 275 g/mol. The van der Waals surface area contributed by atoms with E-state index < -0.39 is 0 Å². The zero-order valence-corrected chi connectivity index (χ0v) is 13.2. The van der Waals surface area contributed by atoms with Gasteiger partial charge >= 0.3 is 0 Å². The Balaban J connectivity index is 1.89. The monoisotopic (exact) mass is 275 g/mol. The van der Waals surface area contributed by atoms with Crippen molar-refractivity contribution >= 4 is 0 Å². The molecule has 1 unspecified atom stereocenters. The summed E-state index contributed by atoms with van der Waals surface area (Å²) in [7, 11) is 0. The summed E-state index contributed by atoms with van der Waals surface area (Å²) in [6, 6.07) is 9.66. The van der Waals surface area contributed by atoms with Crippen molar-refractivity contribution in [2.24, 2.45) is 0 Å². The minimum absolute atomic E-state index is 0.238. The highest BCUT2D eigenvalue weighted by Gasteiger charge is 2.15. The molecule has 0 heterocycles. The Morgan fingerprint density at radius 1 is 0.950 bits per heavy atom. The molecule has 0 spiro atoms. The summed E-state index contributed by atoms with van der Waals surface area (Å²) in [6.45, 7) is 6.39. The van der Waals surface area contributed by atoms with E-state index in [-0.39, 0.29) is 6.10 Å². The predicted molar refractivity (Wildman–Crippen MR) is 85.2 cm³/mol. The zero-order valence-electron chi connectivity index (χ0n) is 13.2. The molecule has 2 rings (SSSR count). The number of ether oxygens (including phenoxy) is 1. The van der Waals surface area contributed by atoms with Gasteiger partial charge in [-0.25, -0.2) is 0 Å². The lowest BCUT2D eigenvalue weighted by atomic mass is 10.0. The van der Waals surface area contributed by atoms with Crippen LogP contribution in [-0.2, 0) is 0 Å². The second kappa shape index (κ2) is 7.68. The van der Waals surface area contributed by atoms with Crippen LogP contribution < -0.4 is 10.1 Å². The maximum Gasteiger partial charge on any atom is 0.119 e. The van der Waals surface area contributed by atoms with Gasteiger partial charge in [-0.05, 0) is 51.3 Å². The fraction of sp³-hybridized carbons (Fsp3) is 0.667. The quantitative estimate of drug-likeness (QED) is 0.776. The van der Waals surface area contributed by atoms with Crippen LogP contribution in [-0.4, -0.2) is 12.1 Å². The Kier molecular flexibility index (Phi) is 5.90. The number of nitrogens with one attached hydrogen (secondary N) is 1. The highest BCUT2D eigenvalue weighted by molar-refractivity contribution is 5.29. The molecule has 2 nitrogen and oxygen atoms in total. The van der Waals surface area contributed by atoms with Crippen LogP contribution in [0.4, 0.5) is 0 Å². The van der Waals surface area contributed by atoms with Crippen molar-refractivity contribution in [2.75, 3.05) is 0 Å². The van der Waals surface area contributed by atoms with Crippen molar-refractivity contribution in [3.63, 3.8) is 0 Å². The first-order valence-corrected chi connectivity index (χ1v) is 8.18. The third-order valence-electron chi connectivity index (χ3n) is 4.09. The van der Waals surface area contributed by atoms with Crippen LogP contribution in [0.2, 0.25) is 0 Å². The van der Waals surface area contributed by atoms with Crippen LogP contribution in [0.3, 0.4) is 0 Å². The van der Waals surface area contributed by atoms with Gasteiger partial charge in [0.15, 0.2) is 0 Å². The van der Waals surface area contributed by atoms with Gasteiger partial charge in [0.1, 0.15) is 5.75 Å². The lowest BCUT2D eigenvalue weighted by Crippen LogP contribution is -2.31. The molecule has 0 bridgehead atoms. The number of benzene rings is 1. The van der Waals surface area contributed by atoms with Crippen LogP contribution in [0.1, 0.15) is 70.9 Å². The Hall–Kier alpha value is -1.02. The van der Waals surface area contributed by atoms with Crippen LogP contribution in [0, 0.1) is 0 Å². The summed E-state index contributed by atoms with van der Waals surface area (Å²) in [6.07, 6.45) is 8.48. The molecule has 0 aliphatic heterocycles. The molecule has 1 aliphatic rings. The maximum absolute atomic E-state index is 5.70. The van der Waals surface area contributed by atoms with E-state index in [1.54, 1.807) is 0 Å². The Labute approximate surface area is 123 Å². The van der Waals surface area contributed by atoms with E-state index in [1.165, 1.54) is 44.1 Å². The Morgan fingerprint density at radius 2 is 1.55 bits per heavy atom. The van der Waals surface area contributed by atoms with Crippen LogP contribution in [0.25, 0.3) is 0 Å². The van der Waals surface area contributed by atoms with Gasteiger partial charge in [0.05, 0.1) is 6.10 Å². The number of rotatable bonds is 5. The van der Waals surface area contributed by atoms with Crippen molar-refractivity contribution < 1.29 is 4.74 Å². The molecular formula is C18H29NO. The third kappa shape index (κ3) is 4.82. The van der Waals surface area contributed by atoms with E-state index in [1.807, 2.05) is 0 Å². The lowest BCUT2D eigenvalue weighted by molar-refractivity contribution is 0.242. The van der Waals surface area contributed by atoms with E-state index in [0.29, 0.717) is 12.1 Å². The molecule has 112 valence electrons. The molecule has 0 amide bonds. The van der Waals surface area contributed by atoms with Crippen molar-refractivity contribution in [3.05, 3.63) is 29.8 Å². The van der Waals surface area contributed by atoms with Gasteiger partial charge in [-0.2, -0.15) is 0 Å². The molecule has 0 radical (unpaired) electrons. The first-order chi connectivity index (χ1) is 9.65. The van der Waals surface area contributed by atoms with E-state index in [9.17, 15) is 0 Å². The number of hydrogen-bond donors (Lipinski definition) is 1. The van der Waals surface area contributed by atoms with Crippen molar-refractivity contribution in [1.82, 2.24) is 5.32 Å². The van der Waals surface area contributed by atoms with Gasteiger partial charge < -0.3 is 10.1 Å². The SMILES string of the molecule is CC(C)Oc1ccc(C(C)NC2CCCCCC2)cc1. The second-order valence-electron chi connectivity index (χ2n) is 6.31. The van der Waals surface area contributed by atoms with Crippen molar-refractivity contribution in [1.29, 1.82) is 0 Å². The molecule has 1 N–H and O–H groups in total. The minimum atomic E-state index is 0.238. The Morgan fingerprint density at radius 3 is 2.10 bits per heavy atom. The molecule has 0 saturated heterocycles. The zero-order chi connectivity index (χ0) is 14.4. The van der Waals surface area contributed by atoms with Crippen LogP contribution in [0.5, 0.6) is 5.75 Å². The summed E-state index contributed by atoms with van der Waals surface area (Å²) in [5, 5.41) is 3.79. The third-order valence-corrected chi connectivity index (χ3v) is 4.09. The topological polar surface area (TPSA) is 21.3 Å². The first-order valence-electron chi connectivity index (χ1n) is 8.18. The van der Waals surface area contributed by atoms with E-state index in [2.05, 4.69) is 50.4 Å². The molecular weight excluding hydrogens is 246 g/mol. The highest BCUT2D eigenvalue weighted by atomic mass is 16.5. The smallest absolute Gasteiger partial charge is 0.119 e. The van der Waals surface area contributed by atoms with Crippen molar-refractivity contribution in [2.45, 2.75) is 77.5 Å². The van der Waals surface area contributed by atoms with E-state index >= 15 is 0 Å². The van der Waals surface area contributed by atoms with Gasteiger partial charge in [0.25, 0.3) is 0 Å². The standard InChI is InChI=1S/C18H29NO/c1-14(2)20-18-12-10-16(11-13-18)15(3)19-17-8-6-4-5-7-9-17/h10-15,17,19H,4-9H2,1-3H3. The summed E-state index contributed by atoms with van der Waals surface area (Å²) in [4.78, 5) is 0. The fourth-order valence-electron chi connectivity index (χ4n) is 3.00. The first kappa shape index (κ1) is 15.4. The predicted octanol–water partition coefficient (Wildman–Crippen LogP) is 4.85. The molecule has 2 heteroatoms. The average Bonchev–Trinajstić information content (AvgIpc) is 2.67. The molecule has 1 fully saturated rings. The lowest BCUT2D eigenvalue weighted by Gasteiger charge is -2.22. The van der Waals surface area contributed by atoms with Crippen molar-refractivity contribution in [3.8, 4) is 5.75 Å². The summed E-state index contributed by atoms with van der Waals surface area (Å²) in [5.74, 6) is 0.963. The fourth-order valence-corrected chi connectivity index (χ4v) is 3.00. The van der Waals surface area contributed by atoms with E-state index in [0.717, 1.165) is 5.75 Å². The molecule has 1 aromatic rings. The van der Waals surface area contributed by atoms with Gasteiger partial charge in [0, 0.05) is 12.1 Å². The minimum Gasteiger partial charge on any atom is -0.491 e. The summed E-state index contributed by atoms with van der Waals surface area (Å²) < 4.78 is 5.70. The van der Waals surface area contributed by atoms with Gasteiger partial charge in [-0.3, -0.25) is 0 Å². The normalized spacial score (nSPS) is 18.8. The maximum atomic E-state index is 5.70. The van der Waals surface area contributed by atoms with Gasteiger partial charge in [-0.1, -0.05) is 37.8 Å². The highest BCUT2D eigenvalue weighted by Crippen LogP contribution is 2.22.